The van der Waals surface area contributed by atoms with E-state index in [-0.39, 0.29) is 0 Å². The van der Waals surface area contributed by atoms with Crippen molar-refractivity contribution in [2.45, 2.75) is 25.8 Å². The lowest BCUT2D eigenvalue weighted by Gasteiger charge is -2.02. The fourth-order valence-electron chi connectivity index (χ4n) is 1.99. The van der Waals surface area contributed by atoms with Gasteiger partial charge in [-0.15, -0.1) is 0 Å². The zero-order valence-corrected chi connectivity index (χ0v) is 10.1. The molecule has 1 N–H and O–H groups in total. The van der Waals surface area contributed by atoms with Gasteiger partial charge < -0.3 is 0 Å². The second-order valence-corrected chi connectivity index (χ2v) is 4.64. The Morgan fingerprint density at radius 1 is 1.50 bits per heavy atom. The Labute approximate surface area is 98.1 Å². The topological polar surface area (TPSA) is 51.4 Å². The van der Waals surface area contributed by atoms with Gasteiger partial charge in [-0.3, -0.25) is 14.3 Å². The number of H-pyrrole nitrogens is 1. The van der Waals surface area contributed by atoms with Crippen molar-refractivity contribution < 1.29 is 0 Å². The maximum absolute atomic E-state index is 5.26. The molecule has 1 saturated carbocycles. The first-order valence-electron chi connectivity index (χ1n) is 5.34. The third kappa shape index (κ3) is 1.41. The van der Waals surface area contributed by atoms with Crippen molar-refractivity contribution >= 4 is 12.2 Å². The van der Waals surface area contributed by atoms with Gasteiger partial charge in [0.05, 0.1) is 11.3 Å². The first-order valence-corrected chi connectivity index (χ1v) is 5.75. The van der Waals surface area contributed by atoms with Crippen LogP contribution in [0.1, 0.15) is 24.6 Å². The highest BCUT2D eigenvalue weighted by molar-refractivity contribution is 7.71. The van der Waals surface area contributed by atoms with Crippen molar-refractivity contribution in [3.8, 4) is 11.4 Å². The van der Waals surface area contributed by atoms with Gasteiger partial charge in [0.2, 0.25) is 0 Å². The number of hydrogen-bond acceptors (Lipinski definition) is 3. The number of nitrogens with one attached hydrogen (secondary N) is 1. The second kappa shape index (κ2) is 3.28. The van der Waals surface area contributed by atoms with Gasteiger partial charge in [0.25, 0.3) is 0 Å². The maximum Gasteiger partial charge on any atom is 0.195 e. The monoisotopic (exact) mass is 235 g/mol. The van der Waals surface area contributed by atoms with Gasteiger partial charge in [-0.1, -0.05) is 0 Å². The molecule has 2 aromatic rings. The van der Waals surface area contributed by atoms with Crippen LogP contribution in [0.3, 0.4) is 0 Å². The van der Waals surface area contributed by atoms with E-state index in [1.807, 2.05) is 20.2 Å². The minimum absolute atomic E-state index is 0.529. The molecule has 0 amide bonds. The van der Waals surface area contributed by atoms with Gasteiger partial charge >= 0.3 is 0 Å². The van der Waals surface area contributed by atoms with E-state index in [0.29, 0.717) is 10.8 Å². The van der Waals surface area contributed by atoms with Crippen LogP contribution in [0, 0.1) is 11.7 Å². The molecule has 2 heterocycles. The van der Waals surface area contributed by atoms with Crippen LogP contribution < -0.4 is 0 Å². The molecule has 0 aliphatic heterocycles. The molecule has 0 atom stereocenters. The van der Waals surface area contributed by atoms with Crippen molar-refractivity contribution in [1.82, 2.24) is 24.5 Å². The molecule has 2 aromatic heterocycles. The van der Waals surface area contributed by atoms with Crippen molar-refractivity contribution in [3.05, 3.63) is 16.7 Å². The Hall–Kier alpha value is -1.43. The molecule has 16 heavy (non-hydrogen) atoms. The average molecular weight is 235 g/mol. The number of aromatic nitrogens is 5. The summed E-state index contributed by atoms with van der Waals surface area (Å²) in [6.45, 7) is 1.99. The zero-order chi connectivity index (χ0) is 11.3. The van der Waals surface area contributed by atoms with E-state index in [4.69, 9.17) is 12.2 Å². The van der Waals surface area contributed by atoms with Crippen LogP contribution in [0.5, 0.6) is 0 Å². The van der Waals surface area contributed by atoms with E-state index in [1.165, 1.54) is 12.8 Å². The number of aromatic amines is 1. The molecule has 1 aliphatic carbocycles. The highest BCUT2D eigenvalue weighted by atomic mass is 32.1. The Kier molecular flexibility index (Phi) is 2.00. The van der Waals surface area contributed by atoms with E-state index >= 15 is 0 Å². The number of rotatable bonds is 2. The Balaban J connectivity index is 2.19. The van der Waals surface area contributed by atoms with Crippen LogP contribution in [0.4, 0.5) is 0 Å². The van der Waals surface area contributed by atoms with Crippen molar-refractivity contribution in [2.75, 3.05) is 0 Å². The Morgan fingerprint density at radius 3 is 2.81 bits per heavy atom. The first-order chi connectivity index (χ1) is 7.66. The third-order valence-electron chi connectivity index (χ3n) is 2.87. The number of nitrogens with zero attached hydrogens (tertiary/aromatic N) is 4. The van der Waals surface area contributed by atoms with Gasteiger partial charge in [-0.2, -0.15) is 10.2 Å². The molecule has 3 rings (SSSR count). The summed E-state index contributed by atoms with van der Waals surface area (Å²) in [6.07, 6.45) is 4.37. The molecule has 0 saturated heterocycles. The molecule has 0 radical (unpaired) electrons. The Bertz CT molecular complexity index is 587. The number of aryl methyl sites for hydroxylation is 2. The van der Waals surface area contributed by atoms with E-state index in [0.717, 1.165) is 17.1 Å². The normalized spacial score (nSPS) is 15.6. The highest BCUT2D eigenvalue weighted by Gasteiger charge is 2.28. The van der Waals surface area contributed by atoms with E-state index in [1.54, 1.807) is 4.68 Å². The smallest absolute Gasteiger partial charge is 0.195 e. The summed E-state index contributed by atoms with van der Waals surface area (Å²) in [7, 11) is 1.92. The summed E-state index contributed by atoms with van der Waals surface area (Å²) in [6, 6.07) is 0.529. The van der Waals surface area contributed by atoms with Crippen LogP contribution in [-0.2, 0) is 7.05 Å². The lowest BCUT2D eigenvalue weighted by atomic mass is 10.2. The summed E-state index contributed by atoms with van der Waals surface area (Å²) in [5.41, 5.74) is 2.04. The van der Waals surface area contributed by atoms with Gasteiger partial charge in [0.1, 0.15) is 0 Å². The zero-order valence-electron chi connectivity index (χ0n) is 9.27. The molecule has 1 fully saturated rings. The minimum atomic E-state index is 0.529. The van der Waals surface area contributed by atoms with Gasteiger partial charge in [0.15, 0.2) is 10.6 Å². The van der Waals surface area contributed by atoms with E-state index in [9.17, 15) is 0 Å². The molecule has 0 unspecified atom stereocenters. The van der Waals surface area contributed by atoms with Crippen LogP contribution in [-0.4, -0.2) is 24.5 Å². The molecule has 84 valence electrons. The quantitative estimate of drug-likeness (QED) is 0.810. The summed E-state index contributed by atoms with van der Waals surface area (Å²) >= 11 is 5.26. The fraction of sp³-hybridized carbons (Fsp3) is 0.500. The SMILES string of the molecule is Cc1nn(C)cc1-c1n[nH]c(=S)n1C1CC1. The molecular formula is C10H13N5S. The average Bonchev–Trinajstić information content (AvgIpc) is 2.91. The summed E-state index contributed by atoms with van der Waals surface area (Å²) in [4.78, 5) is 0. The second-order valence-electron chi connectivity index (χ2n) is 4.26. The molecule has 0 spiro atoms. The van der Waals surface area contributed by atoms with Crippen LogP contribution in [0.25, 0.3) is 11.4 Å². The first kappa shape index (κ1) is 9.77. The minimum Gasteiger partial charge on any atom is -0.297 e. The third-order valence-corrected chi connectivity index (χ3v) is 3.16. The summed E-state index contributed by atoms with van der Waals surface area (Å²) in [5.74, 6) is 0.915. The molecule has 6 heteroatoms. The van der Waals surface area contributed by atoms with Crippen LogP contribution in [0.15, 0.2) is 6.20 Å². The van der Waals surface area contributed by atoms with E-state index in [2.05, 4.69) is 19.9 Å². The Morgan fingerprint density at radius 2 is 2.25 bits per heavy atom. The largest absolute Gasteiger partial charge is 0.297 e. The molecular weight excluding hydrogens is 222 g/mol. The highest BCUT2D eigenvalue weighted by Crippen LogP contribution is 2.38. The maximum atomic E-state index is 5.26. The standard InChI is InChI=1S/C10H13N5S/c1-6-8(5-14(2)13-6)9-11-12-10(16)15(9)7-3-4-7/h5,7H,3-4H2,1-2H3,(H,12,16). The summed E-state index contributed by atoms with van der Waals surface area (Å²) in [5, 5.41) is 11.5. The summed E-state index contributed by atoms with van der Waals surface area (Å²) < 4.78 is 4.62. The van der Waals surface area contributed by atoms with Crippen LogP contribution >= 0.6 is 12.2 Å². The molecule has 0 bridgehead atoms. The van der Waals surface area contributed by atoms with Gasteiger partial charge in [0, 0.05) is 19.3 Å². The van der Waals surface area contributed by atoms with Gasteiger partial charge in [-0.25, -0.2) is 0 Å². The predicted molar refractivity (Wildman–Crippen MR) is 62.6 cm³/mol. The molecule has 0 aromatic carbocycles. The van der Waals surface area contributed by atoms with E-state index < -0.39 is 0 Å². The predicted octanol–water partition coefficient (Wildman–Crippen LogP) is 1.98. The lowest BCUT2D eigenvalue weighted by Crippen LogP contribution is -1.97. The fourth-order valence-corrected chi connectivity index (χ4v) is 2.27. The lowest BCUT2D eigenvalue weighted by molar-refractivity contribution is 0.734. The van der Waals surface area contributed by atoms with Crippen molar-refractivity contribution in [3.63, 3.8) is 0 Å². The van der Waals surface area contributed by atoms with Crippen molar-refractivity contribution in [1.29, 1.82) is 0 Å². The van der Waals surface area contributed by atoms with Gasteiger partial charge in [-0.05, 0) is 32.0 Å². The van der Waals surface area contributed by atoms with Crippen LogP contribution in [0.2, 0.25) is 0 Å². The molecule has 1 aliphatic rings. The number of hydrogen-bond donors (Lipinski definition) is 1. The molecule has 5 nitrogen and oxygen atoms in total. The van der Waals surface area contributed by atoms with Crippen molar-refractivity contribution in [2.24, 2.45) is 7.05 Å².